The number of halogens is 5. The predicted octanol–water partition coefficient (Wildman–Crippen LogP) is 9.15. The lowest BCUT2D eigenvalue weighted by atomic mass is 9.90. The average molecular weight is 695 g/mol. The summed E-state index contributed by atoms with van der Waals surface area (Å²) in [5.41, 5.74) is -0.338. The van der Waals surface area contributed by atoms with E-state index in [1.165, 1.54) is 64.6 Å². The molecule has 7 nitrogen and oxygen atoms in total. The average Bonchev–Trinajstić information content (AvgIpc) is 3.44. The number of amides is 1. The van der Waals surface area contributed by atoms with Gasteiger partial charge < -0.3 is 4.55 Å². The van der Waals surface area contributed by atoms with Crippen molar-refractivity contribution >= 4 is 28.2 Å². The molecule has 13 heteroatoms. The molecule has 0 bridgehead atoms. The van der Waals surface area contributed by atoms with Gasteiger partial charge in [-0.2, -0.15) is 14.5 Å². The van der Waals surface area contributed by atoms with E-state index in [-0.39, 0.29) is 66.0 Å². The van der Waals surface area contributed by atoms with E-state index >= 15 is 8.78 Å². The number of carbonyl (C=O) groups excluding carboxylic acids is 1. The van der Waals surface area contributed by atoms with Gasteiger partial charge in [0.05, 0.1) is 40.8 Å². The first-order valence-electron chi connectivity index (χ1n) is 14.6. The monoisotopic (exact) mass is 694 g/mol. The Bertz CT molecular complexity index is 2360. The van der Waals surface area contributed by atoms with Gasteiger partial charge in [-0.3, -0.25) is 4.79 Å². The van der Waals surface area contributed by atoms with Gasteiger partial charge >= 0.3 is 0 Å². The summed E-state index contributed by atoms with van der Waals surface area (Å²) in [5, 5.41) is 22.6. The van der Waals surface area contributed by atoms with Gasteiger partial charge in [0.25, 0.3) is 12.3 Å². The van der Waals surface area contributed by atoms with Crippen molar-refractivity contribution in [3.05, 3.63) is 142 Å². The van der Waals surface area contributed by atoms with E-state index in [4.69, 9.17) is 0 Å². The van der Waals surface area contributed by atoms with Crippen molar-refractivity contribution < 1.29 is 31.3 Å². The van der Waals surface area contributed by atoms with Crippen LogP contribution >= 0.6 is 0 Å². The lowest BCUT2D eigenvalue weighted by Gasteiger charge is -2.17. The molecular weight excluding hydrogens is 675 g/mol. The van der Waals surface area contributed by atoms with Crippen LogP contribution in [-0.2, 0) is 22.6 Å². The minimum atomic E-state index is -2.79. The SMILES string of the molecule is N#Cc1cccc(C#N)c1-c1c(-c2cccc(-c3c(F)cc(CC(=O)N=O)cc3F)c2)n([S+]([O-])c2ccc(C(F)F)cc2)c2ccc(F)cc12. The molecule has 5 aromatic carbocycles. The molecule has 6 rings (SSSR count). The molecule has 0 aliphatic heterocycles. The highest BCUT2D eigenvalue weighted by Gasteiger charge is 2.31. The number of rotatable bonds is 8. The highest BCUT2D eigenvalue weighted by atomic mass is 32.2. The molecule has 0 aliphatic rings. The Balaban J connectivity index is 1.69. The number of carbonyl (C=O) groups is 1. The van der Waals surface area contributed by atoms with Crippen molar-refractivity contribution in [2.24, 2.45) is 5.18 Å². The molecule has 1 unspecified atom stereocenters. The van der Waals surface area contributed by atoms with E-state index in [0.717, 1.165) is 36.4 Å². The maximum absolute atomic E-state index is 15.5. The Morgan fingerprint density at radius 1 is 0.800 bits per heavy atom. The van der Waals surface area contributed by atoms with E-state index in [2.05, 4.69) is 5.18 Å². The van der Waals surface area contributed by atoms with Gasteiger partial charge in [-0.25, -0.2) is 22.0 Å². The van der Waals surface area contributed by atoms with Crippen molar-refractivity contribution in [2.45, 2.75) is 17.7 Å². The molecule has 246 valence electrons. The van der Waals surface area contributed by atoms with E-state index in [9.17, 15) is 37.9 Å². The molecule has 0 aliphatic carbocycles. The number of nitrogens with zero attached hydrogens (tertiary/aromatic N) is 4. The van der Waals surface area contributed by atoms with Crippen molar-refractivity contribution in [1.29, 1.82) is 10.5 Å². The molecule has 1 atom stereocenters. The topological polar surface area (TPSA) is 122 Å². The highest BCUT2D eigenvalue weighted by Crippen LogP contribution is 2.46. The Morgan fingerprint density at radius 2 is 1.42 bits per heavy atom. The zero-order valence-corrected chi connectivity index (χ0v) is 26.2. The summed E-state index contributed by atoms with van der Waals surface area (Å²) >= 11 is -2.23. The first-order chi connectivity index (χ1) is 24.1. The first-order valence-corrected chi connectivity index (χ1v) is 15.7. The van der Waals surface area contributed by atoms with E-state index in [0.29, 0.717) is 0 Å². The number of benzene rings is 5. The van der Waals surface area contributed by atoms with Crippen molar-refractivity contribution in [3.63, 3.8) is 0 Å². The van der Waals surface area contributed by atoms with Crippen LogP contribution < -0.4 is 0 Å². The molecule has 0 saturated heterocycles. The second-order valence-corrected chi connectivity index (χ2v) is 12.3. The van der Waals surface area contributed by atoms with E-state index in [1.807, 2.05) is 12.1 Å². The maximum atomic E-state index is 15.5. The quantitative estimate of drug-likeness (QED) is 0.0894. The van der Waals surface area contributed by atoms with Crippen molar-refractivity contribution in [2.75, 3.05) is 0 Å². The zero-order chi connectivity index (χ0) is 35.7. The van der Waals surface area contributed by atoms with Gasteiger partial charge in [0.2, 0.25) is 0 Å². The van der Waals surface area contributed by atoms with Crippen LogP contribution in [0.1, 0.15) is 28.7 Å². The van der Waals surface area contributed by atoms with Crippen LogP contribution in [0, 0.1) is 45.0 Å². The predicted molar refractivity (Wildman–Crippen MR) is 175 cm³/mol. The van der Waals surface area contributed by atoms with E-state index in [1.54, 1.807) is 0 Å². The normalized spacial score (nSPS) is 11.7. The molecule has 0 spiro atoms. The summed E-state index contributed by atoms with van der Waals surface area (Å²) in [4.78, 5) is 22.1. The molecule has 50 heavy (non-hydrogen) atoms. The number of nitroso groups, excluding NO2 is 1. The fourth-order valence-electron chi connectivity index (χ4n) is 5.80. The smallest absolute Gasteiger partial charge is 0.290 e. The second-order valence-electron chi connectivity index (χ2n) is 10.9. The van der Waals surface area contributed by atoms with Gasteiger partial charge in [0.1, 0.15) is 34.5 Å². The van der Waals surface area contributed by atoms with Gasteiger partial charge in [0.15, 0.2) is 4.90 Å². The van der Waals surface area contributed by atoms with E-state index < -0.39 is 53.1 Å². The largest absolute Gasteiger partial charge is 0.587 e. The van der Waals surface area contributed by atoms with Crippen molar-refractivity contribution in [3.8, 4) is 45.6 Å². The molecule has 0 fully saturated rings. The van der Waals surface area contributed by atoms with Gasteiger partial charge in [0, 0.05) is 32.8 Å². The summed E-state index contributed by atoms with van der Waals surface area (Å²) in [6.07, 6.45) is -3.41. The third-order valence-electron chi connectivity index (χ3n) is 7.93. The van der Waals surface area contributed by atoms with Crippen LogP contribution in [0.2, 0.25) is 0 Å². The molecule has 0 saturated carbocycles. The number of hydrogen-bond acceptors (Lipinski definition) is 5. The summed E-state index contributed by atoms with van der Waals surface area (Å²) in [6, 6.07) is 24.2. The van der Waals surface area contributed by atoms with Crippen LogP contribution in [0.25, 0.3) is 44.4 Å². The Morgan fingerprint density at radius 3 is 2.02 bits per heavy atom. The molecule has 1 heterocycles. The third-order valence-corrected chi connectivity index (χ3v) is 9.31. The second kappa shape index (κ2) is 13.8. The van der Waals surface area contributed by atoms with Crippen molar-refractivity contribution in [1.82, 2.24) is 3.97 Å². The Hall–Kier alpha value is -6.15. The number of aromatic nitrogens is 1. The lowest BCUT2D eigenvalue weighted by molar-refractivity contribution is -0.117. The lowest BCUT2D eigenvalue weighted by Crippen LogP contribution is -2.14. The standard InChI is InChI=1S/C37H19F5N4O3S/c38-26-9-12-31-28(17-26)35(33-24(18-43)5-2-6-25(33)19-44)36(46(31)50(49)27-10-7-21(8-11-27)37(41)42)23-4-1-3-22(16-23)34-29(39)13-20(14-30(34)40)15-32(47)45-48/h1-14,16-17,37H,15H2. The number of alkyl halides is 2. The van der Waals surface area contributed by atoms with Crippen LogP contribution in [0.4, 0.5) is 22.0 Å². The summed E-state index contributed by atoms with van der Waals surface area (Å²) in [7, 11) is 0. The van der Waals surface area contributed by atoms with Crippen LogP contribution in [0.3, 0.4) is 0 Å². The van der Waals surface area contributed by atoms with Crippen LogP contribution in [0.15, 0.2) is 107 Å². The summed E-state index contributed by atoms with van der Waals surface area (Å²) in [5.74, 6) is -3.96. The fraction of sp³-hybridized carbons (Fsp3) is 0.0541. The van der Waals surface area contributed by atoms with Crippen LogP contribution in [0.5, 0.6) is 0 Å². The van der Waals surface area contributed by atoms with Gasteiger partial charge in [-0.05, 0) is 83.9 Å². The zero-order valence-electron chi connectivity index (χ0n) is 25.3. The number of fused-ring (bicyclic) bond motifs is 1. The maximum Gasteiger partial charge on any atom is 0.290 e. The van der Waals surface area contributed by atoms with Gasteiger partial charge in [-0.1, -0.05) is 24.3 Å². The molecule has 0 N–H and O–H groups in total. The Labute approximate surface area is 283 Å². The fourth-order valence-corrected chi connectivity index (χ4v) is 7.08. The summed E-state index contributed by atoms with van der Waals surface area (Å²) < 4.78 is 88.4. The van der Waals surface area contributed by atoms with Crippen LogP contribution in [-0.4, -0.2) is 14.4 Å². The minimum Gasteiger partial charge on any atom is -0.587 e. The molecular formula is C37H19F5N4O3S. The minimum absolute atomic E-state index is 0.0148. The number of hydrogen-bond donors (Lipinski definition) is 0. The molecule has 1 amide bonds. The van der Waals surface area contributed by atoms with Gasteiger partial charge in [-0.15, -0.1) is 4.91 Å². The first kappa shape index (κ1) is 33.7. The Kier molecular flexibility index (Phi) is 9.29. The third kappa shape index (κ3) is 6.12. The molecule has 0 radical (unpaired) electrons. The molecule has 6 aromatic rings. The number of nitriles is 2. The molecule has 1 aromatic heterocycles. The highest BCUT2D eigenvalue weighted by molar-refractivity contribution is 7.90. The summed E-state index contributed by atoms with van der Waals surface area (Å²) in [6.45, 7) is 0.